The molecule has 0 bridgehead atoms. The molecule has 0 saturated carbocycles. The van der Waals surface area contributed by atoms with Crippen LogP contribution in [0.1, 0.15) is 44.6 Å². The average Bonchev–Trinajstić information content (AvgIpc) is 3.04. The molecule has 0 amide bonds. The Morgan fingerprint density at radius 2 is 1.91 bits per heavy atom. The quantitative estimate of drug-likeness (QED) is 0.776. The molecule has 0 fully saturated rings. The van der Waals surface area contributed by atoms with Crippen molar-refractivity contribution < 1.29 is 13.2 Å². The number of imidazole rings is 1. The van der Waals surface area contributed by atoms with E-state index in [2.05, 4.69) is 14.7 Å². The van der Waals surface area contributed by atoms with E-state index >= 15 is 0 Å². The minimum atomic E-state index is -3.63. The number of benzene rings is 1. The predicted octanol–water partition coefficient (Wildman–Crippen LogP) is 2.80. The lowest BCUT2D eigenvalue weighted by molar-refractivity contribution is 0.340. The summed E-state index contributed by atoms with van der Waals surface area (Å²) < 4.78 is 33.1. The Morgan fingerprint density at radius 1 is 1.22 bits per heavy atom. The fraction of sp³-hybridized carbons (Fsp3) is 0.438. The number of nitrogens with one attached hydrogen (secondary N) is 2. The molecule has 1 aromatic heterocycles. The molecule has 0 radical (unpaired) electrons. The van der Waals surface area contributed by atoms with Gasteiger partial charge in [0.25, 0.3) is 10.0 Å². The first-order valence-corrected chi connectivity index (χ1v) is 9.27. The maximum atomic E-state index is 12.5. The molecule has 1 unspecified atom stereocenters. The van der Waals surface area contributed by atoms with Crippen molar-refractivity contribution in [3.8, 4) is 5.75 Å². The Kier molecular flexibility index (Phi) is 5.79. The van der Waals surface area contributed by atoms with E-state index in [-0.39, 0.29) is 11.1 Å². The highest BCUT2D eigenvalue weighted by atomic mass is 32.2. The lowest BCUT2D eigenvalue weighted by atomic mass is 10.1. The zero-order valence-corrected chi connectivity index (χ0v) is 14.5. The highest BCUT2D eigenvalue weighted by Crippen LogP contribution is 2.22. The lowest BCUT2D eigenvalue weighted by Crippen LogP contribution is -2.28. The Bertz CT molecular complexity index is 723. The first-order chi connectivity index (χ1) is 11.0. The van der Waals surface area contributed by atoms with Crippen LogP contribution in [0.3, 0.4) is 0 Å². The van der Waals surface area contributed by atoms with E-state index in [9.17, 15) is 8.42 Å². The van der Waals surface area contributed by atoms with Crippen molar-refractivity contribution in [1.29, 1.82) is 0 Å². The van der Waals surface area contributed by atoms with Gasteiger partial charge < -0.3 is 9.72 Å². The summed E-state index contributed by atoms with van der Waals surface area (Å²) in [4.78, 5) is 6.88. The highest BCUT2D eigenvalue weighted by Gasteiger charge is 2.22. The van der Waals surface area contributed by atoms with Crippen LogP contribution in [0.4, 0.5) is 0 Å². The van der Waals surface area contributed by atoms with Gasteiger partial charge in [0, 0.05) is 12.5 Å². The van der Waals surface area contributed by atoms with E-state index in [1.807, 2.05) is 45.0 Å². The van der Waals surface area contributed by atoms with Crippen LogP contribution < -0.4 is 9.46 Å². The average molecular weight is 337 g/mol. The number of aromatic nitrogens is 2. The van der Waals surface area contributed by atoms with Gasteiger partial charge in [0.1, 0.15) is 11.6 Å². The minimum Gasteiger partial charge on any atom is -0.494 e. The molecule has 0 spiro atoms. The third-order valence-corrected chi connectivity index (χ3v) is 4.91. The SMILES string of the molecule is CCOc1ccc(C(CC)NS(=O)(=O)c2cnc(CC)[nH]2)cc1. The van der Waals surface area contributed by atoms with Crippen LogP contribution in [0.5, 0.6) is 5.75 Å². The second kappa shape index (κ2) is 7.61. The molecule has 2 rings (SSSR count). The summed E-state index contributed by atoms with van der Waals surface area (Å²) in [6.45, 7) is 6.38. The number of hydrogen-bond acceptors (Lipinski definition) is 4. The number of hydrogen-bond donors (Lipinski definition) is 2. The third-order valence-electron chi connectivity index (χ3n) is 3.53. The van der Waals surface area contributed by atoms with Crippen LogP contribution in [-0.2, 0) is 16.4 Å². The second-order valence-corrected chi connectivity index (χ2v) is 6.81. The molecule has 1 aromatic carbocycles. The van der Waals surface area contributed by atoms with Gasteiger partial charge in [-0.3, -0.25) is 0 Å². The number of rotatable bonds is 8. The van der Waals surface area contributed by atoms with Crippen molar-refractivity contribution >= 4 is 10.0 Å². The van der Waals surface area contributed by atoms with E-state index < -0.39 is 10.0 Å². The summed E-state index contributed by atoms with van der Waals surface area (Å²) in [6.07, 6.45) is 2.65. The number of H-pyrrole nitrogens is 1. The van der Waals surface area contributed by atoms with E-state index in [0.717, 1.165) is 11.3 Å². The van der Waals surface area contributed by atoms with Gasteiger partial charge in [-0.25, -0.2) is 18.1 Å². The van der Waals surface area contributed by atoms with Gasteiger partial charge in [-0.2, -0.15) is 0 Å². The predicted molar refractivity (Wildman–Crippen MR) is 88.9 cm³/mol. The van der Waals surface area contributed by atoms with Gasteiger partial charge in [-0.05, 0) is 31.0 Å². The van der Waals surface area contributed by atoms with Crippen molar-refractivity contribution in [3.63, 3.8) is 0 Å². The van der Waals surface area contributed by atoms with E-state index in [0.29, 0.717) is 25.3 Å². The third kappa shape index (κ3) is 4.33. The standard InChI is InChI=1S/C16H23N3O3S/c1-4-14(12-7-9-13(10-8-12)22-6-3)19-23(20,21)16-11-17-15(5-2)18-16/h7-11,14,19H,4-6H2,1-3H3,(H,17,18). The van der Waals surface area contributed by atoms with E-state index in [1.165, 1.54) is 6.20 Å². The Balaban J connectivity index is 2.17. The van der Waals surface area contributed by atoms with Gasteiger partial charge >= 0.3 is 0 Å². The molecule has 2 N–H and O–H groups in total. The van der Waals surface area contributed by atoms with Gasteiger partial charge in [-0.15, -0.1) is 0 Å². The molecular weight excluding hydrogens is 314 g/mol. The van der Waals surface area contributed by atoms with Crippen molar-refractivity contribution in [1.82, 2.24) is 14.7 Å². The van der Waals surface area contributed by atoms with Crippen LogP contribution in [0.15, 0.2) is 35.5 Å². The number of aryl methyl sites for hydroxylation is 1. The zero-order valence-electron chi connectivity index (χ0n) is 13.7. The number of aromatic amines is 1. The van der Waals surface area contributed by atoms with Crippen LogP contribution in [-0.4, -0.2) is 25.0 Å². The maximum absolute atomic E-state index is 12.5. The molecule has 0 aliphatic carbocycles. The van der Waals surface area contributed by atoms with Crippen LogP contribution in [0, 0.1) is 0 Å². The fourth-order valence-corrected chi connectivity index (χ4v) is 3.51. The monoisotopic (exact) mass is 337 g/mol. The van der Waals surface area contributed by atoms with Crippen molar-refractivity contribution in [2.75, 3.05) is 6.61 Å². The number of sulfonamides is 1. The lowest BCUT2D eigenvalue weighted by Gasteiger charge is -2.17. The van der Waals surface area contributed by atoms with E-state index in [4.69, 9.17) is 4.74 Å². The molecule has 126 valence electrons. The Hall–Kier alpha value is -1.86. The molecule has 2 aromatic rings. The summed E-state index contributed by atoms with van der Waals surface area (Å²) in [5.41, 5.74) is 0.898. The van der Waals surface area contributed by atoms with Crippen LogP contribution in [0.2, 0.25) is 0 Å². The summed E-state index contributed by atoms with van der Waals surface area (Å²) >= 11 is 0. The summed E-state index contributed by atoms with van der Waals surface area (Å²) in [7, 11) is -3.63. The fourth-order valence-electron chi connectivity index (χ4n) is 2.26. The zero-order chi connectivity index (χ0) is 16.9. The van der Waals surface area contributed by atoms with Crippen molar-refractivity contribution in [3.05, 3.63) is 41.9 Å². The van der Waals surface area contributed by atoms with Gasteiger partial charge in [0.2, 0.25) is 0 Å². The second-order valence-electron chi connectivity index (χ2n) is 5.13. The molecule has 7 heteroatoms. The normalized spacial score (nSPS) is 13.0. The molecule has 0 saturated heterocycles. The first-order valence-electron chi connectivity index (χ1n) is 7.79. The maximum Gasteiger partial charge on any atom is 0.258 e. The Morgan fingerprint density at radius 3 is 2.43 bits per heavy atom. The molecule has 6 nitrogen and oxygen atoms in total. The van der Waals surface area contributed by atoms with Gasteiger partial charge in [0.15, 0.2) is 5.03 Å². The van der Waals surface area contributed by atoms with Crippen molar-refractivity contribution in [2.45, 2.75) is 44.7 Å². The topological polar surface area (TPSA) is 84.1 Å². The summed E-state index contributed by atoms with van der Waals surface area (Å²) in [5.74, 6) is 1.43. The molecule has 23 heavy (non-hydrogen) atoms. The smallest absolute Gasteiger partial charge is 0.258 e. The number of ether oxygens (including phenoxy) is 1. The minimum absolute atomic E-state index is 0.0961. The molecule has 1 heterocycles. The summed E-state index contributed by atoms with van der Waals surface area (Å²) in [5, 5.41) is 0.0961. The molecule has 1 atom stereocenters. The van der Waals surface area contributed by atoms with Gasteiger partial charge in [0.05, 0.1) is 12.8 Å². The largest absolute Gasteiger partial charge is 0.494 e. The molecule has 0 aliphatic heterocycles. The number of nitrogens with zero attached hydrogens (tertiary/aromatic N) is 1. The van der Waals surface area contributed by atoms with E-state index in [1.54, 1.807) is 0 Å². The first kappa shape index (κ1) is 17.5. The highest BCUT2D eigenvalue weighted by molar-refractivity contribution is 7.89. The van der Waals surface area contributed by atoms with Crippen molar-refractivity contribution in [2.24, 2.45) is 0 Å². The molecule has 0 aliphatic rings. The van der Waals surface area contributed by atoms with Crippen LogP contribution in [0.25, 0.3) is 0 Å². The molecular formula is C16H23N3O3S. The Labute approximate surface area is 137 Å². The summed E-state index contributed by atoms with van der Waals surface area (Å²) in [6, 6.07) is 7.16. The van der Waals surface area contributed by atoms with Crippen LogP contribution >= 0.6 is 0 Å². The van der Waals surface area contributed by atoms with Gasteiger partial charge in [-0.1, -0.05) is 26.0 Å².